The second kappa shape index (κ2) is 6.30. The largest absolute Gasteiger partial charge is 0.469 e. The maximum atomic E-state index is 13.3. The molecule has 0 spiro atoms. The van der Waals surface area contributed by atoms with Crippen LogP contribution in [0.1, 0.15) is 30.9 Å². The number of carbonyl (C=O) groups is 1. The van der Waals surface area contributed by atoms with Gasteiger partial charge in [0.15, 0.2) is 0 Å². The summed E-state index contributed by atoms with van der Waals surface area (Å²) < 4.78 is 30.5. The van der Waals surface area contributed by atoms with Crippen molar-refractivity contribution in [1.29, 1.82) is 0 Å². The van der Waals surface area contributed by atoms with Crippen molar-refractivity contribution in [2.45, 2.75) is 25.3 Å². The van der Waals surface area contributed by atoms with Crippen molar-refractivity contribution in [3.63, 3.8) is 0 Å². The highest BCUT2D eigenvalue weighted by molar-refractivity contribution is 5.68. The Balaban J connectivity index is 2.52. The first-order valence-corrected chi connectivity index (χ1v) is 5.32. The van der Waals surface area contributed by atoms with E-state index in [1.807, 2.05) is 0 Å². The van der Waals surface area contributed by atoms with Gasteiger partial charge in [-0.15, -0.1) is 0 Å². The van der Waals surface area contributed by atoms with Gasteiger partial charge in [-0.3, -0.25) is 4.79 Å². The molecule has 3 nitrogen and oxygen atoms in total. The lowest BCUT2D eigenvalue weighted by molar-refractivity contribution is -0.140. The molecule has 0 fully saturated rings. The van der Waals surface area contributed by atoms with Gasteiger partial charge in [0.05, 0.1) is 7.11 Å². The minimum absolute atomic E-state index is 0.243. The van der Waals surface area contributed by atoms with Crippen molar-refractivity contribution in [2.75, 3.05) is 7.11 Å². The van der Waals surface area contributed by atoms with E-state index in [2.05, 4.69) is 4.74 Å². The standard InChI is InChI=1S/C12H15F2NO2/c1-17-12(16)4-2-3-11(15)9-6-5-8(13)7-10(9)14/h5-7,11H,2-4,15H2,1H3. The molecule has 1 aromatic rings. The fraction of sp³-hybridized carbons (Fsp3) is 0.417. The van der Waals surface area contributed by atoms with Crippen LogP contribution in [0.4, 0.5) is 8.78 Å². The van der Waals surface area contributed by atoms with E-state index in [9.17, 15) is 13.6 Å². The van der Waals surface area contributed by atoms with Crippen molar-refractivity contribution < 1.29 is 18.3 Å². The molecule has 2 N–H and O–H groups in total. The van der Waals surface area contributed by atoms with E-state index in [4.69, 9.17) is 5.73 Å². The number of benzene rings is 1. The van der Waals surface area contributed by atoms with Crippen molar-refractivity contribution in [1.82, 2.24) is 0 Å². The molecule has 0 saturated carbocycles. The number of halogens is 2. The molecule has 1 rings (SSSR count). The summed E-state index contributed by atoms with van der Waals surface area (Å²) in [6.07, 6.45) is 1.19. The highest BCUT2D eigenvalue weighted by Crippen LogP contribution is 2.20. The van der Waals surface area contributed by atoms with Crippen LogP contribution in [0.2, 0.25) is 0 Å². The maximum Gasteiger partial charge on any atom is 0.305 e. The second-order valence-electron chi connectivity index (χ2n) is 3.74. The highest BCUT2D eigenvalue weighted by atomic mass is 19.1. The van der Waals surface area contributed by atoms with Gasteiger partial charge in [-0.05, 0) is 18.9 Å². The van der Waals surface area contributed by atoms with Gasteiger partial charge in [0, 0.05) is 24.1 Å². The molecule has 1 atom stereocenters. The van der Waals surface area contributed by atoms with E-state index >= 15 is 0 Å². The van der Waals surface area contributed by atoms with Crippen molar-refractivity contribution >= 4 is 5.97 Å². The number of hydrogen-bond donors (Lipinski definition) is 1. The van der Waals surface area contributed by atoms with Crippen LogP contribution in [-0.4, -0.2) is 13.1 Å². The quantitative estimate of drug-likeness (QED) is 0.807. The molecule has 94 valence electrons. The molecule has 1 unspecified atom stereocenters. The van der Waals surface area contributed by atoms with Gasteiger partial charge in [0.25, 0.3) is 0 Å². The normalized spacial score (nSPS) is 12.2. The average molecular weight is 243 g/mol. The van der Waals surface area contributed by atoms with Crippen LogP contribution >= 0.6 is 0 Å². The van der Waals surface area contributed by atoms with Crippen LogP contribution in [0.3, 0.4) is 0 Å². The minimum Gasteiger partial charge on any atom is -0.469 e. The van der Waals surface area contributed by atoms with Crippen LogP contribution in [0, 0.1) is 11.6 Å². The van der Waals surface area contributed by atoms with Gasteiger partial charge in [-0.25, -0.2) is 8.78 Å². The van der Waals surface area contributed by atoms with Crippen LogP contribution in [-0.2, 0) is 9.53 Å². The number of esters is 1. The van der Waals surface area contributed by atoms with E-state index in [0.717, 1.165) is 6.07 Å². The van der Waals surface area contributed by atoms with Crippen LogP contribution in [0.15, 0.2) is 18.2 Å². The number of carbonyl (C=O) groups excluding carboxylic acids is 1. The molecule has 0 aromatic heterocycles. The first-order valence-electron chi connectivity index (χ1n) is 5.32. The number of methoxy groups -OCH3 is 1. The number of rotatable bonds is 5. The second-order valence-corrected chi connectivity index (χ2v) is 3.74. The molecular formula is C12H15F2NO2. The summed E-state index contributed by atoms with van der Waals surface area (Å²) in [4.78, 5) is 10.9. The smallest absolute Gasteiger partial charge is 0.305 e. The average Bonchev–Trinajstić information content (AvgIpc) is 2.28. The Hall–Kier alpha value is -1.49. The maximum absolute atomic E-state index is 13.3. The lowest BCUT2D eigenvalue weighted by Crippen LogP contribution is -2.13. The molecule has 17 heavy (non-hydrogen) atoms. The number of nitrogens with two attached hydrogens (primary N) is 1. The lowest BCUT2D eigenvalue weighted by Gasteiger charge is -2.12. The fourth-order valence-electron chi connectivity index (χ4n) is 1.53. The highest BCUT2D eigenvalue weighted by Gasteiger charge is 2.12. The topological polar surface area (TPSA) is 52.3 Å². The molecule has 0 aliphatic heterocycles. The van der Waals surface area contributed by atoms with Gasteiger partial charge in [0.1, 0.15) is 11.6 Å². The SMILES string of the molecule is COC(=O)CCCC(N)c1ccc(F)cc1F. The van der Waals surface area contributed by atoms with Gasteiger partial charge in [-0.2, -0.15) is 0 Å². The van der Waals surface area contributed by atoms with Gasteiger partial charge in [0.2, 0.25) is 0 Å². The molecule has 0 saturated heterocycles. The molecule has 0 bridgehead atoms. The molecule has 0 aliphatic rings. The molecule has 0 amide bonds. The Morgan fingerprint density at radius 1 is 1.47 bits per heavy atom. The molecule has 1 aromatic carbocycles. The fourth-order valence-corrected chi connectivity index (χ4v) is 1.53. The van der Waals surface area contributed by atoms with Gasteiger partial charge in [-0.1, -0.05) is 6.07 Å². The predicted octanol–water partition coefficient (Wildman–Crippen LogP) is 2.31. The Bertz CT molecular complexity index is 396. The predicted molar refractivity (Wildman–Crippen MR) is 59.2 cm³/mol. The molecule has 0 aliphatic carbocycles. The number of ether oxygens (including phenoxy) is 1. The third-order valence-corrected chi connectivity index (χ3v) is 2.49. The van der Waals surface area contributed by atoms with E-state index < -0.39 is 17.7 Å². The molecule has 5 heteroatoms. The third-order valence-electron chi connectivity index (χ3n) is 2.49. The third kappa shape index (κ3) is 4.11. The summed E-state index contributed by atoms with van der Waals surface area (Å²) >= 11 is 0. The van der Waals surface area contributed by atoms with Crippen LogP contribution in [0.25, 0.3) is 0 Å². The first-order chi connectivity index (χ1) is 8.04. The Labute approximate surface area is 98.6 Å². The summed E-state index contributed by atoms with van der Waals surface area (Å²) in [5.41, 5.74) is 6.02. The molecule has 0 heterocycles. The zero-order chi connectivity index (χ0) is 12.8. The van der Waals surface area contributed by atoms with E-state index in [-0.39, 0.29) is 18.0 Å². The Morgan fingerprint density at radius 3 is 2.76 bits per heavy atom. The Morgan fingerprint density at radius 2 is 2.18 bits per heavy atom. The van der Waals surface area contributed by atoms with Crippen molar-refractivity contribution in [3.05, 3.63) is 35.4 Å². The Kier molecular flexibility index (Phi) is 5.03. The van der Waals surface area contributed by atoms with E-state index in [1.54, 1.807) is 0 Å². The summed E-state index contributed by atoms with van der Waals surface area (Å²) in [5.74, 6) is -1.61. The summed E-state index contributed by atoms with van der Waals surface area (Å²) in [5, 5.41) is 0. The first kappa shape index (κ1) is 13.6. The summed E-state index contributed by atoms with van der Waals surface area (Å²) in [7, 11) is 1.31. The van der Waals surface area contributed by atoms with E-state index in [1.165, 1.54) is 19.2 Å². The van der Waals surface area contributed by atoms with E-state index in [0.29, 0.717) is 12.8 Å². The minimum atomic E-state index is -0.657. The zero-order valence-electron chi connectivity index (χ0n) is 9.58. The molecular weight excluding hydrogens is 228 g/mol. The monoisotopic (exact) mass is 243 g/mol. The summed E-state index contributed by atoms with van der Waals surface area (Å²) in [6.45, 7) is 0. The van der Waals surface area contributed by atoms with Crippen LogP contribution in [0.5, 0.6) is 0 Å². The van der Waals surface area contributed by atoms with Gasteiger partial charge >= 0.3 is 5.97 Å². The van der Waals surface area contributed by atoms with Crippen molar-refractivity contribution in [3.8, 4) is 0 Å². The number of hydrogen-bond acceptors (Lipinski definition) is 3. The molecule has 0 radical (unpaired) electrons. The van der Waals surface area contributed by atoms with Crippen LogP contribution < -0.4 is 5.73 Å². The summed E-state index contributed by atoms with van der Waals surface area (Å²) in [6, 6.07) is 2.75. The lowest BCUT2D eigenvalue weighted by atomic mass is 10.0. The zero-order valence-corrected chi connectivity index (χ0v) is 9.58. The van der Waals surface area contributed by atoms with Crippen molar-refractivity contribution in [2.24, 2.45) is 5.73 Å². The van der Waals surface area contributed by atoms with Gasteiger partial charge < -0.3 is 10.5 Å².